The zero-order chi connectivity index (χ0) is 20.1. The molecule has 0 saturated heterocycles. The average molecular weight is 420 g/mol. The van der Waals surface area contributed by atoms with E-state index in [0.29, 0.717) is 30.0 Å². The number of aromatic nitrogens is 2. The lowest BCUT2D eigenvalue weighted by molar-refractivity contribution is 0.577. The maximum atomic E-state index is 14.2. The number of hydrogen-bond donors (Lipinski definition) is 0. The van der Waals surface area contributed by atoms with Crippen LogP contribution in [0.3, 0.4) is 0 Å². The van der Waals surface area contributed by atoms with Gasteiger partial charge in [-0.05, 0) is 44.0 Å². The molecule has 3 aromatic rings. The van der Waals surface area contributed by atoms with Gasteiger partial charge < -0.3 is 0 Å². The number of nitrogens with zero attached hydrogens (tertiary/aromatic N) is 3. The van der Waals surface area contributed by atoms with Crippen molar-refractivity contribution in [2.75, 3.05) is 10.8 Å². The van der Waals surface area contributed by atoms with E-state index in [1.165, 1.54) is 21.1 Å². The Morgan fingerprint density at radius 3 is 2.64 bits per heavy atom. The van der Waals surface area contributed by atoms with Crippen LogP contribution in [0, 0.1) is 19.7 Å². The van der Waals surface area contributed by atoms with Gasteiger partial charge in [0.15, 0.2) is 0 Å². The van der Waals surface area contributed by atoms with Crippen LogP contribution in [0.15, 0.2) is 47.4 Å². The molecule has 0 N–H and O–H groups in total. The molecule has 0 unspecified atom stereocenters. The summed E-state index contributed by atoms with van der Waals surface area (Å²) in [6, 6.07) is 11.9. The normalized spacial score (nSPS) is 13.8. The first kappa shape index (κ1) is 19.0. The number of hydrogen-bond acceptors (Lipinski definition) is 3. The number of aryl methyl sites for hydroxylation is 1. The Bertz CT molecular complexity index is 1150. The lowest BCUT2D eigenvalue weighted by Crippen LogP contribution is -2.30. The van der Waals surface area contributed by atoms with E-state index < -0.39 is 15.8 Å². The molecule has 0 radical (unpaired) electrons. The first-order valence-electron chi connectivity index (χ1n) is 8.88. The standard InChI is InChI=1S/C20H19ClFN3O2S/c1-13-20(28(26,27)25-11-10-15-6-3-4-9-19(15)25)14(2)24(23-13)12-16-17(21)7-5-8-18(16)22/h3-9H,10-12H2,1-2H3. The van der Waals surface area contributed by atoms with Crippen molar-refractivity contribution in [2.24, 2.45) is 0 Å². The fourth-order valence-electron chi connectivity index (χ4n) is 3.71. The van der Waals surface area contributed by atoms with E-state index in [4.69, 9.17) is 11.6 Å². The zero-order valence-electron chi connectivity index (χ0n) is 15.5. The van der Waals surface area contributed by atoms with Crippen LogP contribution >= 0.6 is 11.6 Å². The summed E-state index contributed by atoms with van der Waals surface area (Å²) in [5, 5.41) is 4.65. The Balaban J connectivity index is 1.76. The molecule has 1 aliphatic heterocycles. The van der Waals surface area contributed by atoms with Gasteiger partial charge >= 0.3 is 0 Å². The smallest absolute Gasteiger partial charge is 0.266 e. The van der Waals surface area contributed by atoms with Gasteiger partial charge in [0.1, 0.15) is 10.7 Å². The van der Waals surface area contributed by atoms with Crippen LogP contribution in [0.5, 0.6) is 0 Å². The minimum absolute atomic E-state index is 0.0598. The summed E-state index contributed by atoms with van der Waals surface area (Å²) < 4.78 is 43.9. The second-order valence-corrected chi connectivity index (χ2v) is 9.02. The summed E-state index contributed by atoms with van der Waals surface area (Å²) in [5.41, 5.74) is 2.83. The molecule has 0 bridgehead atoms. The summed E-state index contributed by atoms with van der Waals surface area (Å²) in [7, 11) is -3.78. The molecule has 1 aliphatic rings. The predicted octanol–water partition coefficient (Wildman–Crippen LogP) is 4.09. The van der Waals surface area contributed by atoms with E-state index in [1.807, 2.05) is 24.3 Å². The molecular weight excluding hydrogens is 401 g/mol. The highest BCUT2D eigenvalue weighted by molar-refractivity contribution is 7.93. The predicted molar refractivity (Wildman–Crippen MR) is 107 cm³/mol. The van der Waals surface area contributed by atoms with Crippen LogP contribution in [-0.4, -0.2) is 24.7 Å². The van der Waals surface area contributed by atoms with Crippen LogP contribution in [0.4, 0.5) is 10.1 Å². The first-order chi connectivity index (χ1) is 13.3. The van der Waals surface area contributed by atoms with Crippen molar-refractivity contribution in [1.29, 1.82) is 0 Å². The SMILES string of the molecule is Cc1nn(Cc2c(F)cccc2Cl)c(C)c1S(=O)(=O)N1CCc2ccccc21. The molecule has 1 aromatic heterocycles. The highest BCUT2D eigenvalue weighted by Crippen LogP contribution is 2.35. The maximum Gasteiger partial charge on any atom is 0.268 e. The van der Waals surface area contributed by atoms with Crippen molar-refractivity contribution < 1.29 is 12.8 Å². The summed E-state index contributed by atoms with van der Waals surface area (Å²) in [5.74, 6) is -0.446. The second kappa shape index (κ2) is 6.90. The Kier molecular flexibility index (Phi) is 4.67. The van der Waals surface area contributed by atoms with Gasteiger partial charge in [-0.3, -0.25) is 8.99 Å². The van der Waals surface area contributed by atoms with Crippen LogP contribution in [0.1, 0.15) is 22.5 Å². The Morgan fingerprint density at radius 1 is 1.14 bits per heavy atom. The largest absolute Gasteiger partial charge is 0.268 e. The van der Waals surface area contributed by atoms with Crippen LogP contribution in [0.25, 0.3) is 0 Å². The van der Waals surface area contributed by atoms with Crippen LogP contribution < -0.4 is 4.31 Å². The molecule has 0 atom stereocenters. The zero-order valence-corrected chi connectivity index (χ0v) is 17.1. The highest BCUT2D eigenvalue weighted by Gasteiger charge is 2.35. The molecule has 28 heavy (non-hydrogen) atoms. The summed E-state index contributed by atoms with van der Waals surface area (Å²) in [4.78, 5) is 0.164. The van der Waals surface area contributed by atoms with Crippen molar-refractivity contribution in [1.82, 2.24) is 9.78 Å². The van der Waals surface area contributed by atoms with E-state index in [-0.39, 0.29) is 22.0 Å². The minimum atomic E-state index is -3.78. The van der Waals surface area contributed by atoms with Gasteiger partial charge in [-0.15, -0.1) is 0 Å². The van der Waals surface area contributed by atoms with Crippen molar-refractivity contribution in [3.05, 3.63) is 75.8 Å². The molecule has 146 valence electrons. The summed E-state index contributed by atoms with van der Waals surface area (Å²) in [6.07, 6.45) is 0.673. The van der Waals surface area contributed by atoms with Crippen LogP contribution in [-0.2, 0) is 23.0 Å². The third-order valence-electron chi connectivity index (χ3n) is 5.08. The topological polar surface area (TPSA) is 55.2 Å². The van der Waals surface area contributed by atoms with E-state index >= 15 is 0 Å². The van der Waals surface area contributed by atoms with E-state index in [9.17, 15) is 12.8 Å². The number of rotatable bonds is 4. The van der Waals surface area contributed by atoms with Crippen molar-refractivity contribution in [3.8, 4) is 0 Å². The van der Waals surface area contributed by atoms with Gasteiger partial charge in [-0.25, -0.2) is 12.8 Å². The fraction of sp³-hybridized carbons (Fsp3) is 0.250. The molecule has 4 rings (SSSR count). The molecule has 2 aromatic carbocycles. The first-order valence-corrected chi connectivity index (χ1v) is 10.7. The monoisotopic (exact) mass is 419 g/mol. The average Bonchev–Trinajstić information content (AvgIpc) is 3.20. The fourth-order valence-corrected chi connectivity index (χ4v) is 5.81. The molecule has 0 saturated carbocycles. The number of sulfonamides is 1. The van der Waals surface area contributed by atoms with E-state index in [2.05, 4.69) is 5.10 Å². The number of benzene rings is 2. The van der Waals surface area contributed by atoms with E-state index in [0.717, 1.165) is 5.56 Å². The number of anilines is 1. The molecular formula is C20H19ClFN3O2S. The second-order valence-electron chi connectivity index (χ2n) is 6.81. The third kappa shape index (κ3) is 2.99. The highest BCUT2D eigenvalue weighted by atomic mass is 35.5. The van der Waals surface area contributed by atoms with Gasteiger partial charge in [0, 0.05) is 17.1 Å². The number of para-hydroxylation sites is 1. The van der Waals surface area contributed by atoms with Gasteiger partial charge in [0.2, 0.25) is 0 Å². The van der Waals surface area contributed by atoms with Crippen molar-refractivity contribution >= 4 is 27.3 Å². The van der Waals surface area contributed by atoms with Gasteiger partial charge in [0.05, 0.1) is 23.6 Å². The molecule has 5 nitrogen and oxygen atoms in total. The molecule has 2 heterocycles. The lowest BCUT2D eigenvalue weighted by atomic mass is 10.2. The quantitative estimate of drug-likeness (QED) is 0.640. The minimum Gasteiger partial charge on any atom is -0.266 e. The van der Waals surface area contributed by atoms with Gasteiger partial charge in [-0.2, -0.15) is 5.10 Å². The Morgan fingerprint density at radius 2 is 1.89 bits per heavy atom. The summed E-state index contributed by atoms with van der Waals surface area (Å²) in [6.45, 7) is 3.79. The molecule has 8 heteroatoms. The van der Waals surface area contributed by atoms with E-state index in [1.54, 1.807) is 19.9 Å². The van der Waals surface area contributed by atoms with Crippen molar-refractivity contribution in [3.63, 3.8) is 0 Å². The lowest BCUT2D eigenvalue weighted by Gasteiger charge is -2.19. The Labute approximate surface area is 168 Å². The molecule has 0 fully saturated rings. The number of fused-ring (bicyclic) bond motifs is 1. The van der Waals surface area contributed by atoms with Crippen LogP contribution in [0.2, 0.25) is 5.02 Å². The third-order valence-corrected chi connectivity index (χ3v) is 7.50. The Hall–Kier alpha value is -2.38. The van der Waals surface area contributed by atoms with Gasteiger partial charge in [-0.1, -0.05) is 35.9 Å². The summed E-state index contributed by atoms with van der Waals surface area (Å²) >= 11 is 6.12. The van der Waals surface area contributed by atoms with Crippen molar-refractivity contribution in [2.45, 2.75) is 31.7 Å². The molecule has 0 spiro atoms. The molecule has 0 aliphatic carbocycles. The molecule has 0 amide bonds. The maximum absolute atomic E-state index is 14.2. The van der Waals surface area contributed by atoms with Gasteiger partial charge in [0.25, 0.3) is 10.0 Å². The number of halogens is 2.